The monoisotopic (exact) mass is 211 g/mol. The summed E-state index contributed by atoms with van der Waals surface area (Å²) in [6, 6.07) is 0. The normalized spacial score (nSPS) is 30.7. The van der Waals surface area contributed by atoms with Crippen LogP contribution in [0.15, 0.2) is 0 Å². The van der Waals surface area contributed by atoms with E-state index in [1.165, 1.54) is 0 Å². The SMILES string of the molecule is NCC1CCN(C(=O)C2CNC(=O)C2)C1. The molecule has 2 aliphatic heterocycles. The first-order chi connectivity index (χ1) is 7.20. The average Bonchev–Trinajstić information content (AvgIpc) is 2.84. The molecular formula is C10H17N3O2. The predicted molar refractivity (Wildman–Crippen MR) is 54.9 cm³/mol. The minimum Gasteiger partial charge on any atom is -0.355 e. The lowest BCUT2D eigenvalue weighted by Crippen LogP contribution is -2.35. The van der Waals surface area contributed by atoms with E-state index in [-0.39, 0.29) is 17.7 Å². The van der Waals surface area contributed by atoms with E-state index in [4.69, 9.17) is 5.73 Å². The Balaban J connectivity index is 1.89. The number of nitrogens with two attached hydrogens (primary N) is 1. The highest BCUT2D eigenvalue weighted by Gasteiger charge is 2.34. The van der Waals surface area contributed by atoms with Gasteiger partial charge < -0.3 is 16.0 Å². The van der Waals surface area contributed by atoms with Gasteiger partial charge in [-0.25, -0.2) is 0 Å². The molecule has 2 heterocycles. The maximum absolute atomic E-state index is 11.9. The average molecular weight is 211 g/mol. The smallest absolute Gasteiger partial charge is 0.227 e. The van der Waals surface area contributed by atoms with Gasteiger partial charge in [-0.1, -0.05) is 0 Å². The maximum Gasteiger partial charge on any atom is 0.227 e. The Labute approximate surface area is 89.0 Å². The van der Waals surface area contributed by atoms with E-state index >= 15 is 0 Å². The molecule has 84 valence electrons. The highest BCUT2D eigenvalue weighted by Crippen LogP contribution is 2.20. The van der Waals surface area contributed by atoms with Crippen molar-refractivity contribution < 1.29 is 9.59 Å². The van der Waals surface area contributed by atoms with Crippen molar-refractivity contribution in [2.45, 2.75) is 12.8 Å². The molecule has 2 rings (SSSR count). The molecule has 2 atom stereocenters. The van der Waals surface area contributed by atoms with Crippen molar-refractivity contribution in [3.8, 4) is 0 Å². The molecule has 0 radical (unpaired) electrons. The van der Waals surface area contributed by atoms with E-state index in [2.05, 4.69) is 5.32 Å². The Bertz CT molecular complexity index is 280. The third-order valence-electron chi connectivity index (χ3n) is 3.26. The molecule has 0 saturated carbocycles. The van der Waals surface area contributed by atoms with Crippen LogP contribution < -0.4 is 11.1 Å². The fourth-order valence-electron chi connectivity index (χ4n) is 2.26. The second-order valence-corrected chi connectivity index (χ2v) is 4.38. The number of carbonyl (C=O) groups excluding carboxylic acids is 2. The number of nitrogens with zero attached hydrogens (tertiary/aromatic N) is 1. The van der Waals surface area contributed by atoms with Gasteiger partial charge in [0.1, 0.15) is 0 Å². The van der Waals surface area contributed by atoms with E-state index in [0.29, 0.717) is 25.4 Å². The van der Waals surface area contributed by atoms with Crippen LogP contribution in [0.3, 0.4) is 0 Å². The third kappa shape index (κ3) is 2.12. The first kappa shape index (κ1) is 10.4. The van der Waals surface area contributed by atoms with Crippen LogP contribution >= 0.6 is 0 Å². The van der Waals surface area contributed by atoms with Gasteiger partial charge in [-0.3, -0.25) is 9.59 Å². The van der Waals surface area contributed by atoms with Gasteiger partial charge in [0, 0.05) is 26.1 Å². The van der Waals surface area contributed by atoms with Crippen LogP contribution in [-0.4, -0.2) is 42.9 Å². The van der Waals surface area contributed by atoms with Crippen LogP contribution in [0.25, 0.3) is 0 Å². The Morgan fingerprint density at radius 1 is 1.60 bits per heavy atom. The largest absolute Gasteiger partial charge is 0.355 e. The van der Waals surface area contributed by atoms with E-state index in [1.54, 1.807) is 0 Å². The van der Waals surface area contributed by atoms with Crippen LogP contribution in [0.4, 0.5) is 0 Å². The van der Waals surface area contributed by atoms with Crippen molar-refractivity contribution in [2.24, 2.45) is 17.6 Å². The molecule has 5 heteroatoms. The summed E-state index contributed by atoms with van der Waals surface area (Å²) < 4.78 is 0. The predicted octanol–water partition coefficient (Wildman–Crippen LogP) is -1.07. The molecule has 2 fully saturated rings. The maximum atomic E-state index is 11.9. The van der Waals surface area contributed by atoms with Gasteiger partial charge in [0.2, 0.25) is 11.8 Å². The lowest BCUT2D eigenvalue weighted by molar-refractivity contribution is -0.134. The molecule has 3 N–H and O–H groups in total. The van der Waals surface area contributed by atoms with Crippen molar-refractivity contribution in [3.63, 3.8) is 0 Å². The zero-order valence-corrected chi connectivity index (χ0v) is 8.74. The second kappa shape index (κ2) is 4.18. The van der Waals surface area contributed by atoms with Crippen LogP contribution in [0, 0.1) is 11.8 Å². The summed E-state index contributed by atoms with van der Waals surface area (Å²) >= 11 is 0. The number of amides is 2. The van der Waals surface area contributed by atoms with Gasteiger partial charge >= 0.3 is 0 Å². The van der Waals surface area contributed by atoms with Gasteiger partial charge in [-0.05, 0) is 18.9 Å². The summed E-state index contributed by atoms with van der Waals surface area (Å²) in [7, 11) is 0. The fraction of sp³-hybridized carbons (Fsp3) is 0.800. The van der Waals surface area contributed by atoms with Crippen molar-refractivity contribution in [1.82, 2.24) is 10.2 Å². The molecule has 0 aromatic rings. The number of rotatable bonds is 2. The number of nitrogens with one attached hydrogen (secondary N) is 1. The van der Waals surface area contributed by atoms with Crippen LogP contribution in [0.1, 0.15) is 12.8 Å². The highest BCUT2D eigenvalue weighted by atomic mass is 16.2. The molecule has 0 aromatic heterocycles. The number of hydrogen-bond acceptors (Lipinski definition) is 3. The Morgan fingerprint density at radius 2 is 2.40 bits per heavy atom. The summed E-state index contributed by atoms with van der Waals surface area (Å²) in [5, 5.41) is 2.69. The van der Waals surface area contributed by atoms with Crippen molar-refractivity contribution in [2.75, 3.05) is 26.2 Å². The number of hydrogen-bond donors (Lipinski definition) is 2. The Morgan fingerprint density at radius 3 is 2.93 bits per heavy atom. The lowest BCUT2D eigenvalue weighted by atomic mass is 10.1. The van der Waals surface area contributed by atoms with Crippen molar-refractivity contribution in [1.29, 1.82) is 0 Å². The second-order valence-electron chi connectivity index (χ2n) is 4.38. The topological polar surface area (TPSA) is 75.4 Å². The molecule has 2 saturated heterocycles. The molecular weight excluding hydrogens is 194 g/mol. The zero-order chi connectivity index (χ0) is 10.8. The quantitative estimate of drug-likeness (QED) is 0.610. The first-order valence-electron chi connectivity index (χ1n) is 5.46. The van der Waals surface area contributed by atoms with E-state index in [9.17, 15) is 9.59 Å². The lowest BCUT2D eigenvalue weighted by Gasteiger charge is -2.19. The van der Waals surface area contributed by atoms with E-state index < -0.39 is 0 Å². The van der Waals surface area contributed by atoms with E-state index in [1.807, 2.05) is 4.90 Å². The molecule has 2 unspecified atom stereocenters. The zero-order valence-electron chi connectivity index (χ0n) is 8.74. The van der Waals surface area contributed by atoms with Crippen LogP contribution in [0.2, 0.25) is 0 Å². The van der Waals surface area contributed by atoms with Gasteiger partial charge in [-0.2, -0.15) is 0 Å². The molecule has 0 bridgehead atoms. The minimum atomic E-state index is -0.144. The van der Waals surface area contributed by atoms with Crippen LogP contribution in [-0.2, 0) is 9.59 Å². The molecule has 0 aromatic carbocycles. The van der Waals surface area contributed by atoms with Gasteiger partial charge in [0.25, 0.3) is 0 Å². The first-order valence-corrected chi connectivity index (χ1v) is 5.46. The minimum absolute atomic E-state index is 0.0112. The van der Waals surface area contributed by atoms with Gasteiger partial charge in [0.15, 0.2) is 0 Å². The molecule has 2 aliphatic rings. The summed E-state index contributed by atoms with van der Waals surface area (Å²) in [6.07, 6.45) is 1.35. The molecule has 0 aliphatic carbocycles. The summed E-state index contributed by atoms with van der Waals surface area (Å²) in [4.78, 5) is 24.8. The van der Waals surface area contributed by atoms with E-state index in [0.717, 1.165) is 19.5 Å². The van der Waals surface area contributed by atoms with Crippen LogP contribution in [0.5, 0.6) is 0 Å². The highest BCUT2D eigenvalue weighted by molar-refractivity contribution is 5.89. The number of likely N-dealkylation sites (tertiary alicyclic amines) is 1. The van der Waals surface area contributed by atoms with Gasteiger partial charge in [0.05, 0.1) is 5.92 Å². The molecule has 5 nitrogen and oxygen atoms in total. The fourth-order valence-corrected chi connectivity index (χ4v) is 2.26. The standard InChI is InChI=1S/C10H17N3O2/c11-4-7-1-2-13(6-7)10(15)8-3-9(14)12-5-8/h7-8H,1-6,11H2,(H,12,14). The number of carbonyl (C=O) groups is 2. The van der Waals surface area contributed by atoms with Crippen molar-refractivity contribution in [3.05, 3.63) is 0 Å². The third-order valence-corrected chi connectivity index (χ3v) is 3.26. The summed E-state index contributed by atoms with van der Waals surface area (Å²) in [5.74, 6) is 0.403. The Hall–Kier alpha value is -1.10. The Kier molecular flexibility index (Phi) is 2.90. The van der Waals surface area contributed by atoms with Gasteiger partial charge in [-0.15, -0.1) is 0 Å². The molecule has 15 heavy (non-hydrogen) atoms. The van der Waals surface area contributed by atoms with Crippen molar-refractivity contribution >= 4 is 11.8 Å². The summed E-state index contributed by atoms with van der Waals surface area (Å²) in [5.41, 5.74) is 5.57. The molecule has 0 spiro atoms. The summed E-state index contributed by atoms with van der Waals surface area (Å²) in [6.45, 7) is 2.71. The molecule has 2 amide bonds.